The van der Waals surface area contributed by atoms with E-state index in [1.807, 2.05) is 53.4 Å². The van der Waals surface area contributed by atoms with E-state index in [4.69, 9.17) is 34.2 Å². The number of carbonyl (C=O) groups excluding carboxylic acids is 2. The molecule has 14 nitrogen and oxygen atoms in total. The van der Waals surface area contributed by atoms with Crippen LogP contribution in [0, 0.1) is 0 Å². The third-order valence-electron chi connectivity index (χ3n) is 8.49. The number of nitrogens with two attached hydrogens (primary N) is 1. The van der Waals surface area contributed by atoms with Gasteiger partial charge in [0.1, 0.15) is 6.04 Å². The van der Waals surface area contributed by atoms with Crippen molar-refractivity contribution in [2.75, 3.05) is 62.3 Å². The molecule has 1 atom stereocenters. The van der Waals surface area contributed by atoms with Crippen molar-refractivity contribution >= 4 is 11.9 Å². The van der Waals surface area contributed by atoms with Crippen LogP contribution in [0.3, 0.4) is 0 Å². The number of hydrogen-bond donors (Lipinski definition) is 2. The molecule has 264 valence electrons. The van der Waals surface area contributed by atoms with Gasteiger partial charge in [0.05, 0.1) is 54.0 Å². The first-order chi connectivity index (χ1) is 24.2. The summed E-state index contributed by atoms with van der Waals surface area (Å²) in [6.07, 6.45) is 3.42. The number of methoxy groups -OCH3 is 6. The second-order valence-electron chi connectivity index (χ2n) is 11.4. The summed E-state index contributed by atoms with van der Waals surface area (Å²) >= 11 is 0. The van der Waals surface area contributed by atoms with Crippen LogP contribution in [0.4, 0.5) is 4.79 Å². The summed E-state index contributed by atoms with van der Waals surface area (Å²) in [4.78, 5) is 38.7. The maximum atomic E-state index is 14.0. The normalized spacial score (nSPS) is 14.6. The Kier molecular flexibility index (Phi) is 11.4. The number of amides is 3. The van der Waals surface area contributed by atoms with Gasteiger partial charge in [-0.25, -0.2) is 4.79 Å². The maximum absolute atomic E-state index is 14.0. The Hall–Kier alpha value is -5.76. The third kappa shape index (κ3) is 7.76. The summed E-state index contributed by atoms with van der Waals surface area (Å²) in [5.74, 6) is 2.88. The lowest BCUT2D eigenvalue weighted by Crippen LogP contribution is -2.60. The summed E-state index contributed by atoms with van der Waals surface area (Å²) in [6.45, 7) is 1.87. The van der Waals surface area contributed by atoms with Gasteiger partial charge in [-0.15, -0.1) is 0 Å². The molecule has 0 bridgehead atoms. The van der Waals surface area contributed by atoms with Crippen molar-refractivity contribution in [2.45, 2.75) is 19.1 Å². The van der Waals surface area contributed by atoms with Crippen LogP contribution in [-0.4, -0.2) is 100 Å². The third-order valence-corrected chi connectivity index (χ3v) is 8.49. The van der Waals surface area contributed by atoms with E-state index in [1.54, 1.807) is 60.0 Å². The number of nitrogens with one attached hydrogen (secondary N) is 1. The summed E-state index contributed by atoms with van der Waals surface area (Å²) in [5, 5.41) is 2.63. The molecule has 14 heteroatoms. The SMILES string of the molecule is COc1cc(-c2cc(CN3CCN(Cc4ccnc(-c5cc(OC)c(OC)c(OC)c5)c4)[C@@H](CNC(N)=O)C3=O)ccn2)cc(OC)c1OC. The highest BCUT2D eigenvalue weighted by Gasteiger charge is 2.35. The molecule has 0 unspecified atom stereocenters. The first-order valence-corrected chi connectivity index (χ1v) is 15.8. The van der Waals surface area contributed by atoms with Crippen LogP contribution < -0.4 is 39.5 Å². The number of rotatable bonds is 14. The predicted molar refractivity (Wildman–Crippen MR) is 186 cm³/mol. The van der Waals surface area contributed by atoms with E-state index < -0.39 is 12.1 Å². The van der Waals surface area contributed by atoms with E-state index >= 15 is 0 Å². The first-order valence-electron chi connectivity index (χ1n) is 15.8. The number of urea groups is 1. The van der Waals surface area contributed by atoms with Crippen molar-refractivity contribution in [1.29, 1.82) is 0 Å². The molecule has 1 fully saturated rings. The number of hydrogen-bond acceptors (Lipinski definition) is 11. The Bertz CT molecular complexity index is 1790. The molecule has 1 aliphatic rings. The number of carbonyl (C=O) groups is 2. The monoisotopic (exact) mass is 686 g/mol. The molecule has 0 saturated carbocycles. The Labute approximate surface area is 291 Å². The summed E-state index contributed by atoms with van der Waals surface area (Å²) in [5.41, 5.74) is 10.2. The standard InChI is InChI=1S/C36H42N6O8/c1-45-29-15-24(16-30(46-2)33(29)49-5)26-13-22(7-9-38-26)20-41-11-12-42(35(43)28(41)19-40-36(37)44)21-23-8-10-39-27(14-23)25-17-31(47-3)34(50-6)32(18-25)48-4/h7-10,13-18,28H,11-12,19-21H2,1-6H3,(H3,37,40,44)/t28-/m0/s1. The van der Waals surface area contributed by atoms with E-state index in [1.165, 1.54) is 0 Å². The molecule has 5 rings (SSSR count). The molecule has 4 aromatic rings. The number of piperazine rings is 1. The van der Waals surface area contributed by atoms with Crippen LogP contribution in [-0.2, 0) is 17.9 Å². The lowest BCUT2D eigenvalue weighted by molar-refractivity contribution is -0.142. The Morgan fingerprint density at radius 3 is 1.60 bits per heavy atom. The van der Waals surface area contributed by atoms with Crippen LogP contribution >= 0.6 is 0 Å². The lowest BCUT2D eigenvalue weighted by Gasteiger charge is -2.40. The van der Waals surface area contributed by atoms with Crippen molar-refractivity contribution in [1.82, 2.24) is 25.1 Å². The van der Waals surface area contributed by atoms with Crippen molar-refractivity contribution in [2.24, 2.45) is 5.73 Å². The fraction of sp³-hybridized carbons (Fsp3) is 0.333. The number of nitrogens with zero attached hydrogens (tertiary/aromatic N) is 4. The molecule has 2 aromatic carbocycles. The van der Waals surface area contributed by atoms with Gasteiger partial charge in [0, 0.05) is 56.2 Å². The average Bonchev–Trinajstić information content (AvgIpc) is 3.14. The van der Waals surface area contributed by atoms with Crippen LogP contribution in [0.25, 0.3) is 22.5 Å². The molecule has 0 radical (unpaired) electrons. The molecule has 3 N–H and O–H groups in total. The van der Waals surface area contributed by atoms with Gasteiger partial charge in [0.2, 0.25) is 17.4 Å². The molecular formula is C36H42N6O8. The zero-order valence-electron chi connectivity index (χ0n) is 29.0. The van der Waals surface area contributed by atoms with Crippen LogP contribution in [0.2, 0.25) is 0 Å². The van der Waals surface area contributed by atoms with Crippen LogP contribution in [0.15, 0.2) is 60.9 Å². The Balaban J connectivity index is 1.36. The second kappa shape index (κ2) is 16.1. The number of pyridine rings is 2. The van der Waals surface area contributed by atoms with E-state index in [-0.39, 0.29) is 12.5 Å². The fourth-order valence-corrected chi connectivity index (χ4v) is 6.02. The number of ether oxygens (including phenoxy) is 6. The smallest absolute Gasteiger partial charge is 0.312 e. The van der Waals surface area contributed by atoms with Gasteiger partial charge in [-0.1, -0.05) is 0 Å². The minimum absolute atomic E-state index is 0.0581. The average molecular weight is 687 g/mol. The highest BCUT2D eigenvalue weighted by atomic mass is 16.5. The molecule has 0 aliphatic carbocycles. The van der Waals surface area contributed by atoms with Crippen molar-refractivity contribution < 1.29 is 38.0 Å². The van der Waals surface area contributed by atoms with E-state index in [9.17, 15) is 9.59 Å². The van der Waals surface area contributed by atoms with Gasteiger partial charge in [-0.3, -0.25) is 19.7 Å². The highest BCUT2D eigenvalue weighted by molar-refractivity contribution is 5.84. The molecule has 2 aromatic heterocycles. The molecule has 0 spiro atoms. The quantitative estimate of drug-likeness (QED) is 0.199. The van der Waals surface area contributed by atoms with Crippen molar-refractivity contribution in [3.63, 3.8) is 0 Å². The zero-order chi connectivity index (χ0) is 35.8. The molecular weight excluding hydrogens is 644 g/mol. The predicted octanol–water partition coefficient (Wildman–Crippen LogP) is 3.74. The highest BCUT2D eigenvalue weighted by Crippen LogP contribution is 2.42. The number of primary amides is 1. The van der Waals surface area contributed by atoms with Gasteiger partial charge in [0.15, 0.2) is 23.0 Å². The summed E-state index contributed by atoms with van der Waals surface area (Å²) in [7, 11) is 9.34. The van der Waals surface area contributed by atoms with Gasteiger partial charge in [-0.2, -0.15) is 0 Å². The van der Waals surface area contributed by atoms with E-state index in [2.05, 4.69) is 15.3 Å². The molecule has 50 heavy (non-hydrogen) atoms. The van der Waals surface area contributed by atoms with E-state index in [0.717, 1.165) is 22.3 Å². The van der Waals surface area contributed by atoms with Gasteiger partial charge < -0.3 is 44.4 Å². The Morgan fingerprint density at radius 2 is 1.18 bits per heavy atom. The largest absolute Gasteiger partial charge is 0.493 e. The number of benzene rings is 2. The fourth-order valence-electron chi connectivity index (χ4n) is 6.02. The van der Waals surface area contributed by atoms with Gasteiger partial charge in [-0.05, 0) is 59.7 Å². The molecule has 3 heterocycles. The zero-order valence-corrected chi connectivity index (χ0v) is 29.0. The molecule has 3 amide bonds. The lowest BCUT2D eigenvalue weighted by atomic mass is 10.0. The maximum Gasteiger partial charge on any atom is 0.312 e. The topological polar surface area (TPSA) is 160 Å². The minimum Gasteiger partial charge on any atom is -0.493 e. The van der Waals surface area contributed by atoms with E-state index in [0.29, 0.717) is 72.1 Å². The molecule has 1 aliphatic heterocycles. The van der Waals surface area contributed by atoms with Crippen LogP contribution in [0.5, 0.6) is 34.5 Å². The van der Waals surface area contributed by atoms with Crippen LogP contribution in [0.1, 0.15) is 11.1 Å². The first kappa shape index (κ1) is 35.5. The minimum atomic E-state index is -0.701. The van der Waals surface area contributed by atoms with Crippen molar-refractivity contribution in [3.05, 3.63) is 72.1 Å². The van der Waals surface area contributed by atoms with Gasteiger partial charge in [0.25, 0.3) is 0 Å². The van der Waals surface area contributed by atoms with Crippen molar-refractivity contribution in [3.8, 4) is 57.0 Å². The second-order valence-corrected chi connectivity index (χ2v) is 11.4. The molecule has 1 saturated heterocycles. The number of aromatic nitrogens is 2. The summed E-state index contributed by atoms with van der Waals surface area (Å²) < 4.78 is 33.0. The van der Waals surface area contributed by atoms with Gasteiger partial charge >= 0.3 is 6.03 Å². The summed E-state index contributed by atoms with van der Waals surface area (Å²) in [6, 6.07) is 13.6. The Morgan fingerprint density at radius 1 is 0.720 bits per heavy atom.